The van der Waals surface area contributed by atoms with Crippen molar-refractivity contribution in [3.05, 3.63) is 41.2 Å². The SMILES string of the molecule is O=c1[nH]cnc2c(-c3ccc4c(c3)ncn4C3CCCCC3)sc(N3CC[C@H](CO)C3)c12. The topological polar surface area (TPSA) is 87.0 Å². The number of nitrogens with zero attached hydrogens (tertiary/aromatic N) is 4. The number of aliphatic hydroxyl groups excluding tert-OH is 1. The number of H-pyrrole nitrogens is 1. The quantitative estimate of drug-likeness (QED) is 0.484. The van der Waals surface area contributed by atoms with Gasteiger partial charge in [-0.15, -0.1) is 11.3 Å². The average Bonchev–Trinajstić information content (AvgIpc) is 3.56. The maximum absolute atomic E-state index is 12.8. The molecule has 32 heavy (non-hydrogen) atoms. The Balaban J connectivity index is 1.44. The lowest BCUT2D eigenvalue weighted by Gasteiger charge is -2.23. The molecule has 6 rings (SSSR count). The zero-order valence-electron chi connectivity index (χ0n) is 18.0. The molecular weight excluding hydrogens is 422 g/mol. The molecule has 0 spiro atoms. The molecule has 0 radical (unpaired) electrons. The van der Waals surface area contributed by atoms with Gasteiger partial charge in [-0.25, -0.2) is 9.97 Å². The molecule has 2 fully saturated rings. The molecule has 8 heteroatoms. The fourth-order valence-corrected chi connectivity index (χ4v) is 6.65. The summed E-state index contributed by atoms with van der Waals surface area (Å²) in [6.45, 7) is 1.80. The van der Waals surface area contributed by atoms with Gasteiger partial charge in [-0.1, -0.05) is 25.3 Å². The van der Waals surface area contributed by atoms with E-state index in [2.05, 4.69) is 37.6 Å². The van der Waals surface area contributed by atoms with E-state index in [0.717, 1.165) is 46.0 Å². The predicted molar refractivity (Wildman–Crippen MR) is 128 cm³/mol. The summed E-state index contributed by atoms with van der Waals surface area (Å²) in [5.41, 5.74) is 3.85. The van der Waals surface area contributed by atoms with Gasteiger partial charge in [0.15, 0.2) is 0 Å². The highest BCUT2D eigenvalue weighted by molar-refractivity contribution is 7.21. The standard InChI is InChI=1S/C24H27N5O2S/c30-12-15-8-9-28(11-15)24-20-21(25-13-26-23(20)31)22(32-24)16-6-7-19-18(10-16)27-14-29(19)17-4-2-1-3-5-17/h6-7,10,13-15,17,30H,1-5,8-9,11-12H2,(H,25,26,31)/t15-/m0/s1. The van der Waals surface area contributed by atoms with Crippen LogP contribution in [0.4, 0.5) is 5.00 Å². The van der Waals surface area contributed by atoms with Crippen LogP contribution in [-0.2, 0) is 0 Å². The smallest absolute Gasteiger partial charge is 0.261 e. The lowest BCUT2D eigenvalue weighted by Crippen LogP contribution is -2.21. The van der Waals surface area contributed by atoms with Crippen molar-refractivity contribution in [3.8, 4) is 10.4 Å². The van der Waals surface area contributed by atoms with Crippen LogP contribution in [0.25, 0.3) is 32.4 Å². The molecule has 166 valence electrons. The fraction of sp³-hybridized carbons (Fsp3) is 0.458. The predicted octanol–water partition coefficient (Wildman–Crippen LogP) is 4.33. The average molecular weight is 450 g/mol. The van der Waals surface area contributed by atoms with Gasteiger partial charge in [0.2, 0.25) is 0 Å². The van der Waals surface area contributed by atoms with Crippen LogP contribution in [0.5, 0.6) is 0 Å². The maximum Gasteiger partial charge on any atom is 0.261 e. The number of aromatic nitrogens is 4. The number of thiophene rings is 1. The van der Waals surface area contributed by atoms with Crippen LogP contribution < -0.4 is 10.5 Å². The second-order valence-electron chi connectivity index (χ2n) is 9.12. The van der Waals surface area contributed by atoms with Gasteiger partial charge in [0.1, 0.15) is 10.4 Å². The molecule has 2 N–H and O–H groups in total. The lowest BCUT2D eigenvalue weighted by atomic mass is 9.95. The first-order chi connectivity index (χ1) is 15.7. The number of rotatable bonds is 4. The van der Waals surface area contributed by atoms with Crippen molar-refractivity contribution < 1.29 is 5.11 Å². The minimum absolute atomic E-state index is 0.109. The van der Waals surface area contributed by atoms with E-state index in [1.165, 1.54) is 43.9 Å². The Morgan fingerprint density at radius 2 is 2.03 bits per heavy atom. The number of hydrogen-bond acceptors (Lipinski definition) is 6. The zero-order chi connectivity index (χ0) is 21.7. The molecule has 1 aliphatic carbocycles. The molecule has 0 bridgehead atoms. The molecule has 0 unspecified atom stereocenters. The van der Waals surface area contributed by atoms with Gasteiger partial charge in [0.05, 0.1) is 34.1 Å². The Kier molecular flexibility index (Phi) is 4.99. The van der Waals surface area contributed by atoms with Crippen LogP contribution in [0.1, 0.15) is 44.6 Å². The van der Waals surface area contributed by atoms with Gasteiger partial charge in [0, 0.05) is 31.7 Å². The van der Waals surface area contributed by atoms with Gasteiger partial charge in [-0.05, 0) is 37.0 Å². The van der Waals surface area contributed by atoms with Gasteiger partial charge in [-0.3, -0.25) is 4.79 Å². The molecule has 2 aliphatic rings. The van der Waals surface area contributed by atoms with Gasteiger partial charge < -0.3 is 19.6 Å². The van der Waals surface area contributed by atoms with Crippen molar-refractivity contribution in [2.24, 2.45) is 5.92 Å². The van der Waals surface area contributed by atoms with Crippen LogP contribution in [-0.4, -0.2) is 44.3 Å². The van der Waals surface area contributed by atoms with Crippen LogP contribution in [0.3, 0.4) is 0 Å². The largest absolute Gasteiger partial charge is 0.396 e. The van der Waals surface area contributed by atoms with E-state index >= 15 is 0 Å². The molecule has 1 atom stereocenters. The lowest BCUT2D eigenvalue weighted by molar-refractivity contribution is 0.239. The Labute approximate surface area is 189 Å². The van der Waals surface area contributed by atoms with E-state index in [-0.39, 0.29) is 18.1 Å². The van der Waals surface area contributed by atoms with E-state index in [1.807, 2.05) is 6.33 Å². The number of aliphatic hydroxyl groups is 1. The summed E-state index contributed by atoms with van der Waals surface area (Å²) in [5.74, 6) is 0.256. The molecule has 1 saturated heterocycles. The highest BCUT2D eigenvalue weighted by Gasteiger charge is 2.28. The Morgan fingerprint density at radius 1 is 1.16 bits per heavy atom. The second-order valence-corrected chi connectivity index (χ2v) is 10.1. The Bertz CT molecular complexity index is 1330. The number of anilines is 1. The zero-order valence-corrected chi connectivity index (χ0v) is 18.8. The number of hydrogen-bond donors (Lipinski definition) is 2. The van der Waals surface area contributed by atoms with Gasteiger partial charge in [0.25, 0.3) is 5.56 Å². The first-order valence-electron chi connectivity index (χ1n) is 11.6. The first kappa shape index (κ1) is 19.9. The third-order valence-corrected chi connectivity index (χ3v) is 8.41. The third kappa shape index (κ3) is 3.24. The van der Waals surface area contributed by atoms with Gasteiger partial charge >= 0.3 is 0 Å². The number of fused-ring (bicyclic) bond motifs is 2. The van der Waals surface area contributed by atoms with Gasteiger partial charge in [-0.2, -0.15) is 0 Å². The van der Waals surface area contributed by atoms with E-state index in [1.54, 1.807) is 11.3 Å². The third-order valence-electron chi connectivity index (χ3n) is 7.12. The maximum atomic E-state index is 12.8. The van der Waals surface area contributed by atoms with Crippen molar-refractivity contribution >= 4 is 38.3 Å². The van der Waals surface area contributed by atoms with E-state index < -0.39 is 0 Å². The van der Waals surface area contributed by atoms with Crippen LogP contribution >= 0.6 is 11.3 Å². The van der Waals surface area contributed by atoms with Crippen molar-refractivity contribution in [1.82, 2.24) is 19.5 Å². The molecule has 1 aliphatic heterocycles. The number of aromatic amines is 1. The second kappa shape index (κ2) is 8.01. The molecule has 4 aromatic rings. The molecule has 1 saturated carbocycles. The van der Waals surface area contributed by atoms with Crippen LogP contribution in [0.2, 0.25) is 0 Å². The van der Waals surface area contributed by atoms with Crippen molar-refractivity contribution in [3.63, 3.8) is 0 Å². The Hall–Kier alpha value is -2.71. The fourth-order valence-electron chi connectivity index (χ4n) is 5.37. The molecule has 1 aromatic carbocycles. The Morgan fingerprint density at radius 3 is 2.84 bits per heavy atom. The summed E-state index contributed by atoms with van der Waals surface area (Å²) in [5, 5.41) is 11.2. The van der Waals surface area contributed by atoms with Crippen molar-refractivity contribution in [2.75, 3.05) is 24.6 Å². The number of benzene rings is 1. The van der Waals surface area contributed by atoms with Crippen LogP contribution in [0, 0.1) is 5.92 Å². The highest BCUT2D eigenvalue weighted by atomic mass is 32.1. The van der Waals surface area contributed by atoms with E-state index in [9.17, 15) is 9.90 Å². The molecular formula is C24H27N5O2S. The van der Waals surface area contributed by atoms with E-state index in [4.69, 9.17) is 4.98 Å². The van der Waals surface area contributed by atoms with E-state index in [0.29, 0.717) is 11.4 Å². The summed E-state index contributed by atoms with van der Waals surface area (Å²) < 4.78 is 2.35. The molecule has 0 amide bonds. The summed E-state index contributed by atoms with van der Waals surface area (Å²) in [4.78, 5) is 28.0. The first-order valence-corrected chi connectivity index (χ1v) is 12.4. The summed E-state index contributed by atoms with van der Waals surface area (Å²) in [6, 6.07) is 6.99. The van der Waals surface area contributed by atoms with Crippen LogP contribution in [0.15, 0.2) is 35.6 Å². The number of imidazole rings is 1. The minimum Gasteiger partial charge on any atom is -0.396 e. The monoisotopic (exact) mass is 449 g/mol. The molecule has 7 nitrogen and oxygen atoms in total. The van der Waals surface area contributed by atoms with Crippen molar-refractivity contribution in [2.45, 2.75) is 44.6 Å². The molecule has 4 heterocycles. The molecule has 3 aromatic heterocycles. The number of nitrogens with one attached hydrogen (secondary N) is 1. The van der Waals surface area contributed by atoms with Crippen molar-refractivity contribution in [1.29, 1.82) is 0 Å². The highest BCUT2D eigenvalue weighted by Crippen LogP contribution is 2.43. The normalized spacial score (nSPS) is 20.0. The summed E-state index contributed by atoms with van der Waals surface area (Å²) in [6.07, 6.45) is 10.8. The summed E-state index contributed by atoms with van der Waals surface area (Å²) in [7, 11) is 0. The minimum atomic E-state index is -0.109. The summed E-state index contributed by atoms with van der Waals surface area (Å²) >= 11 is 1.62.